The van der Waals surface area contributed by atoms with Gasteiger partial charge in [-0.25, -0.2) is 0 Å². The Balaban J connectivity index is 2.30. The monoisotopic (exact) mass is 229 g/mol. The van der Waals surface area contributed by atoms with Crippen molar-refractivity contribution in [1.82, 2.24) is 4.90 Å². The second-order valence-electron chi connectivity index (χ2n) is 4.47. The van der Waals surface area contributed by atoms with Crippen LogP contribution in [0.3, 0.4) is 0 Å². The molecule has 1 aliphatic rings. The van der Waals surface area contributed by atoms with Crippen molar-refractivity contribution in [3.8, 4) is 0 Å². The summed E-state index contributed by atoms with van der Waals surface area (Å²) in [4.78, 5) is 23.6. The molecule has 0 radical (unpaired) electrons. The molecule has 5 nitrogen and oxygen atoms in total. The molecule has 1 amide bonds. The second-order valence-corrected chi connectivity index (χ2v) is 4.47. The first-order valence-corrected chi connectivity index (χ1v) is 5.59. The molecule has 1 rings (SSSR count). The van der Waals surface area contributed by atoms with E-state index in [1.165, 1.54) is 17.7 Å². The normalized spacial score (nSPS) is 15.2. The van der Waals surface area contributed by atoms with Gasteiger partial charge in [0, 0.05) is 6.04 Å². The molecule has 0 atom stereocenters. The summed E-state index contributed by atoms with van der Waals surface area (Å²) in [5.74, 6) is -0.637. The molecule has 16 heavy (non-hydrogen) atoms. The number of ether oxygens (including phenoxy) is 1. The number of aliphatic carboxylic acids is 1. The minimum atomic E-state index is -0.996. The Kier molecular flexibility index (Phi) is 4.73. The minimum absolute atomic E-state index is 0.0119. The molecule has 0 bridgehead atoms. The predicted molar refractivity (Wildman–Crippen MR) is 58.0 cm³/mol. The van der Waals surface area contributed by atoms with Crippen LogP contribution in [0, 0.1) is 5.92 Å². The number of rotatable bonds is 7. The third kappa shape index (κ3) is 4.61. The van der Waals surface area contributed by atoms with Gasteiger partial charge >= 0.3 is 5.97 Å². The van der Waals surface area contributed by atoms with Crippen molar-refractivity contribution in [1.29, 1.82) is 0 Å². The number of carboxylic acids is 1. The van der Waals surface area contributed by atoms with E-state index >= 15 is 0 Å². The van der Waals surface area contributed by atoms with Gasteiger partial charge in [-0.05, 0) is 32.6 Å². The van der Waals surface area contributed by atoms with Gasteiger partial charge in [0.15, 0.2) is 0 Å². The van der Waals surface area contributed by atoms with Crippen molar-refractivity contribution in [3.63, 3.8) is 0 Å². The summed E-state index contributed by atoms with van der Waals surface area (Å²) in [6.45, 7) is 3.93. The summed E-state index contributed by atoms with van der Waals surface area (Å²) in [7, 11) is 0. The summed E-state index contributed by atoms with van der Waals surface area (Å²) in [5.41, 5.74) is 0. The lowest BCUT2D eigenvalue weighted by Gasteiger charge is -2.24. The molecular weight excluding hydrogens is 210 g/mol. The van der Waals surface area contributed by atoms with E-state index in [0.717, 1.165) is 0 Å². The van der Waals surface area contributed by atoms with Crippen LogP contribution in [0.5, 0.6) is 0 Å². The number of hydrogen-bond donors (Lipinski definition) is 1. The van der Waals surface area contributed by atoms with Crippen molar-refractivity contribution in [2.24, 2.45) is 5.92 Å². The summed E-state index contributed by atoms with van der Waals surface area (Å²) in [6, 6.07) is -0.117. The fraction of sp³-hybridized carbons (Fsp3) is 0.818. The largest absolute Gasteiger partial charge is 0.480 e. The zero-order chi connectivity index (χ0) is 12.1. The van der Waals surface area contributed by atoms with Crippen LogP contribution in [-0.4, -0.2) is 47.7 Å². The smallest absolute Gasteiger partial charge is 0.323 e. The van der Waals surface area contributed by atoms with Crippen LogP contribution >= 0.6 is 0 Å². The molecule has 1 N–H and O–H groups in total. The van der Waals surface area contributed by atoms with Crippen LogP contribution in [0.15, 0.2) is 0 Å². The Labute approximate surface area is 95.4 Å². The summed E-state index contributed by atoms with van der Waals surface area (Å²) in [6.07, 6.45) is 2.36. The maximum Gasteiger partial charge on any atom is 0.323 e. The maximum absolute atomic E-state index is 11.7. The van der Waals surface area contributed by atoms with Gasteiger partial charge in [0.05, 0.1) is 6.61 Å². The molecule has 0 spiro atoms. The predicted octanol–water partition coefficient (Wildman–Crippen LogP) is 0.735. The highest BCUT2D eigenvalue weighted by molar-refractivity contribution is 5.82. The van der Waals surface area contributed by atoms with Crippen LogP contribution in [0.1, 0.15) is 26.7 Å². The van der Waals surface area contributed by atoms with Gasteiger partial charge in [-0.1, -0.05) is 0 Å². The van der Waals surface area contributed by atoms with E-state index < -0.39 is 5.97 Å². The van der Waals surface area contributed by atoms with Crippen LogP contribution in [0.25, 0.3) is 0 Å². The first kappa shape index (κ1) is 13.0. The van der Waals surface area contributed by atoms with Crippen molar-refractivity contribution < 1.29 is 19.4 Å². The van der Waals surface area contributed by atoms with E-state index in [1.54, 1.807) is 13.8 Å². The van der Waals surface area contributed by atoms with E-state index in [9.17, 15) is 9.59 Å². The molecule has 0 aromatic heterocycles. The Hall–Kier alpha value is -1.10. The van der Waals surface area contributed by atoms with Crippen molar-refractivity contribution in [3.05, 3.63) is 0 Å². The number of nitrogens with zero attached hydrogens (tertiary/aromatic N) is 1. The molecule has 92 valence electrons. The van der Waals surface area contributed by atoms with Crippen LogP contribution in [0.4, 0.5) is 0 Å². The average Bonchev–Trinajstić information content (AvgIpc) is 2.97. The van der Waals surface area contributed by atoms with Crippen molar-refractivity contribution >= 4 is 11.9 Å². The molecule has 0 aliphatic heterocycles. The van der Waals surface area contributed by atoms with Gasteiger partial charge in [0.2, 0.25) is 5.91 Å². The number of amides is 1. The van der Waals surface area contributed by atoms with E-state index in [2.05, 4.69) is 0 Å². The molecule has 1 saturated carbocycles. The Bertz CT molecular complexity index is 261. The maximum atomic E-state index is 11.7. The lowest BCUT2D eigenvalue weighted by molar-refractivity contribution is -0.148. The molecule has 0 aromatic carbocycles. The summed E-state index contributed by atoms with van der Waals surface area (Å²) >= 11 is 0. The lowest BCUT2D eigenvalue weighted by Crippen LogP contribution is -2.42. The van der Waals surface area contributed by atoms with Gasteiger partial charge in [-0.15, -0.1) is 0 Å². The van der Waals surface area contributed by atoms with Gasteiger partial charge in [0.25, 0.3) is 0 Å². The number of hydrogen-bond acceptors (Lipinski definition) is 3. The molecule has 1 aliphatic carbocycles. The van der Waals surface area contributed by atoms with Gasteiger partial charge in [0.1, 0.15) is 13.2 Å². The zero-order valence-corrected chi connectivity index (χ0v) is 9.81. The van der Waals surface area contributed by atoms with Gasteiger partial charge in [-0.3, -0.25) is 9.59 Å². The highest BCUT2D eigenvalue weighted by Gasteiger charge is 2.23. The Morgan fingerprint density at radius 3 is 2.50 bits per heavy atom. The SMILES string of the molecule is CC(C)N(CC(=O)O)C(=O)COCC1CC1. The van der Waals surface area contributed by atoms with Crippen LogP contribution in [0.2, 0.25) is 0 Å². The van der Waals surface area contributed by atoms with Crippen LogP contribution in [-0.2, 0) is 14.3 Å². The number of carbonyl (C=O) groups excluding carboxylic acids is 1. The zero-order valence-electron chi connectivity index (χ0n) is 9.81. The molecule has 0 unspecified atom stereocenters. The third-order valence-corrected chi connectivity index (χ3v) is 2.53. The van der Waals surface area contributed by atoms with E-state index in [-0.39, 0.29) is 25.1 Å². The summed E-state index contributed by atoms with van der Waals surface area (Å²) < 4.78 is 5.25. The van der Waals surface area contributed by atoms with E-state index in [4.69, 9.17) is 9.84 Å². The van der Waals surface area contributed by atoms with Crippen molar-refractivity contribution in [2.45, 2.75) is 32.7 Å². The average molecular weight is 229 g/mol. The van der Waals surface area contributed by atoms with Crippen molar-refractivity contribution in [2.75, 3.05) is 19.8 Å². The van der Waals surface area contributed by atoms with Crippen LogP contribution < -0.4 is 0 Å². The van der Waals surface area contributed by atoms with E-state index in [0.29, 0.717) is 12.5 Å². The fourth-order valence-electron chi connectivity index (χ4n) is 1.38. The molecule has 0 aromatic rings. The quantitative estimate of drug-likeness (QED) is 0.699. The van der Waals surface area contributed by atoms with Gasteiger partial charge in [-0.2, -0.15) is 0 Å². The molecule has 0 saturated heterocycles. The highest BCUT2D eigenvalue weighted by atomic mass is 16.5. The molecule has 0 heterocycles. The minimum Gasteiger partial charge on any atom is -0.480 e. The standard InChI is InChI=1S/C11H19NO4/c1-8(2)12(5-11(14)15)10(13)7-16-6-9-3-4-9/h8-9H,3-7H2,1-2H3,(H,14,15). The molecular formula is C11H19NO4. The lowest BCUT2D eigenvalue weighted by atomic mass is 10.3. The Morgan fingerprint density at radius 2 is 2.06 bits per heavy atom. The highest BCUT2D eigenvalue weighted by Crippen LogP contribution is 2.28. The fourth-order valence-corrected chi connectivity index (χ4v) is 1.38. The second kappa shape index (κ2) is 5.84. The topological polar surface area (TPSA) is 66.8 Å². The van der Waals surface area contributed by atoms with E-state index in [1.807, 2.05) is 0 Å². The van der Waals surface area contributed by atoms with Gasteiger partial charge < -0.3 is 14.7 Å². The first-order valence-electron chi connectivity index (χ1n) is 5.59. The summed E-state index contributed by atoms with van der Waals surface area (Å²) in [5, 5.41) is 8.67. The molecule has 5 heteroatoms. The number of carbonyl (C=O) groups is 2. The first-order chi connectivity index (χ1) is 7.50. The third-order valence-electron chi connectivity index (χ3n) is 2.53. The number of carboxylic acid groups (broad SMARTS) is 1. The Morgan fingerprint density at radius 1 is 1.44 bits per heavy atom. The molecule has 1 fully saturated rings.